The highest BCUT2D eigenvalue weighted by molar-refractivity contribution is 7.10. The summed E-state index contributed by atoms with van der Waals surface area (Å²) in [7, 11) is 0. The molecule has 0 spiro atoms. The van der Waals surface area contributed by atoms with Crippen LogP contribution in [-0.4, -0.2) is 0 Å². The Morgan fingerprint density at radius 1 is 1.12 bits per heavy atom. The van der Waals surface area contributed by atoms with E-state index in [4.69, 9.17) is 5.73 Å². The molecule has 0 saturated heterocycles. The summed E-state index contributed by atoms with van der Waals surface area (Å²) in [4.78, 5) is 1.32. The molecule has 1 nitrogen and oxygen atoms in total. The minimum Gasteiger partial charge on any atom is -0.323 e. The minimum absolute atomic E-state index is 0.227. The van der Waals surface area contributed by atoms with Crippen LogP contribution >= 0.6 is 11.3 Å². The van der Waals surface area contributed by atoms with Crippen molar-refractivity contribution in [2.24, 2.45) is 11.7 Å². The van der Waals surface area contributed by atoms with Crippen LogP contribution in [0, 0.1) is 5.92 Å². The lowest BCUT2D eigenvalue weighted by Gasteiger charge is -2.08. The van der Waals surface area contributed by atoms with Crippen LogP contribution in [-0.2, 0) is 0 Å². The van der Waals surface area contributed by atoms with E-state index in [0.29, 0.717) is 11.8 Å². The molecule has 2 heteroatoms. The van der Waals surface area contributed by atoms with Gasteiger partial charge in [0.05, 0.1) is 0 Å². The highest BCUT2D eigenvalue weighted by atomic mass is 32.1. The molecule has 2 aromatic rings. The predicted molar refractivity (Wildman–Crippen MR) is 68.5 cm³/mol. The second-order valence-corrected chi connectivity index (χ2v) is 5.44. The van der Waals surface area contributed by atoms with Crippen LogP contribution in [0.25, 0.3) is 0 Å². The quantitative estimate of drug-likeness (QED) is 0.855. The van der Waals surface area contributed by atoms with Gasteiger partial charge in [0.2, 0.25) is 0 Å². The third-order valence-electron chi connectivity index (χ3n) is 3.40. The van der Waals surface area contributed by atoms with Crippen molar-refractivity contribution in [2.45, 2.75) is 18.4 Å². The predicted octanol–water partition coefficient (Wildman–Crippen LogP) is 3.55. The highest BCUT2D eigenvalue weighted by Crippen LogP contribution is 2.53. The lowest BCUT2D eigenvalue weighted by atomic mass is 10.1. The summed E-state index contributed by atoms with van der Waals surface area (Å²) in [5.41, 5.74) is 7.73. The standard InChI is InChI=1S/C14H15NS/c15-14(13-7-4-8-16-13)12-9-11(12)10-5-2-1-3-6-10/h1-8,11-12,14H,9,15H2. The average Bonchev–Trinajstić information content (AvgIpc) is 2.95. The number of hydrogen-bond acceptors (Lipinski definition) is 2. The van der Waals surface area contributed by atoms with Gasteiger partial charge < -0.3 is 5.73 Å². The van der Waals surface area contributed by atoms with Gasteiger partial charge >= 0.3 is 0 Å². The molecule has 3 atom stereocenters. The first kappa shape index (κ1) is 10.1. The molecule has 82 valence electrons. The van der Waals surface area contributed by atoms with Crippen molar-refractivity contribution in [2.75, 3.05) is 0 Å². The van der Waals surface area contributed by atoms with E-state index in [1.807, 2.05) is 0 Å². The zero-order valence-corrected chi connectivity index (χ0v) is 9.86. The maximum atomic E-state index is 6.28. The first-order valence-corrected chi connectivity index (χ1v) is 6.58. The normalized spacial score (nSPS) is 25.3. The fourth-order valence-corrected chi connectivity index (χ4v) is 3.19. The molecular formula is C14H15NS. The lowest BCUT2D eigenvalue weighted by Crippen LogP contribution is -2.11. The van der Waals surface area contributed by atoms with Crippen molar-refractivity contribution in [3.63, 3.8) is 0 Å². The van der Waals surface area contributed by atoms with Crippen LogP contribution in [0.2, 0.25) is 0 Å². The summed E-state index contributed by atoms with van der Waals surface area (Å²) in [6, 6.07) is 15.2. The van der Waals surface area contributed by atoms with E-state index in [2.05, 4.69) is 47.8 Å². The van der Waals surface area contributed by atoms with Crippen LogP contribution in [0.1, 0.15) is 28.8 Å². The van der Waals surface area contributed by atoms with Gasteiger partial charge in [0.15, 0.2) is 0 Å². The molecule has 1 saturated carbocycles. The Morgan fingerprint density at radius 3 is 2.62 bits per heavy atom. The van der Waals surface area contributed by atoms with Gasteiger partial charge in [-0.25, -0.2) is 0 Å². The number of hydrogen-bond donors (Lipinski definition) is 1. The van der Waals surface area contributed by atoms with Gasteiger partial charge in [-0.2, -0.15) is 0 Å². The Hall–Kier alpha value is -1.12. The third-order valence-corrected chi connectivity index (χ3v) is 4.37. The van der Waals surface area contributed by atoms with Crippen LogP contribution in [0.3, 0.4) is 0 Å². The molecule has 0 radical (unpaired) electrons. The highest BCUT2D eigenvalue weighted by Gasteiger charge is 2.43. The molecular weight excluding hydrogens is 214 g/mol. The monoisotopic (exact) mass is 229 g/mol. The summed E-state index contributed by atoms with van der Waals surface area (Å²) in [5.74, 6) is 1.32. The van der Waals surface area contributed by atoms with Crippen molar-refractivity contribution in [1.29, 1.82) is 0 Å². The molecule has 0 aliphatic heterocycles. The molecule has 2 N–H and O–H groups in total. The molecule has 1 fully saturated rings. The summed E-state index contributed by atoms with van der Waals surface area (Å²) < 4.78 is 0. The molecule has 3 unspecified atom stereocenters. The first-order chi connectivity index (χ1) is 7.86. The zero-order valence-electron chi connectivity index (χ0n) is 9.04. The number of thiophene rings is 1. The molecule has 0 bridgehead atoms. The van der Waals surface area contributed by atoms with Gasteiger partial charge in [-0.3, -0.25) is 0 Å². The molecule has 1 aromatic heterocycles. The Balaban J connectivity index is 1.73. The minimum atomic E-state index is 0.227. The van der Waals surface area contributed by atoms with Gasteiger partial charge in [-0.15, -0.1) is 11.3 Å². The smallest absolute Gasteiger partial charge is 0.0424 e. The lowest BCUT2D eigenvalue weighted by molar-refractivity contribution is 0.626. The maximum Gasteiger partial charge on any atom is 0.0424 e. The fourth-order valence-electron chi connectivity index (χ4n) is 2.39. The Kier molecular flexibility index (Phi) is 2.54. The second kappa shape index (κ2) is 4.04. The molecule has 1 aliphatic rings. The topological polar surface area (TPSA) is 26.0 Å². The largest absolute Gasteiger partial charge is 0.323 e. The van der Waals surface area contributed by atoms with Gasteiger partial charge in [0.25, 0.3) is 0 Å². The number of nitrogens with two attached hydrogens (primary N) is 1. The van der Waals surface area contributed by atoms with E-state index in [1.165, 1.54) is 16.9 Å². The van der Waals surface area contributed by atoms with Gasteiger partial charge in [0, 0.05) is 10.9 Å². The first-order valence-electron chi connectivity index (χ1n) is 5.70. The van der Waals surface area contributed by atoms with Crippen molar-refractivity contribution < 1.29 is 0 Å². The zero-order chi connectivity index (χ0) is 11.0. The van der Waals surface area contributed by atoms with Crippen molar-refractivity contribution >= 4 is 11.3 Å². The molecule has 1 heterocycles. The van der Waals surface area contributed by atoms with Gasteiger partial charge in [0.1, 0.15) is 0 Å². The van der Waals surface area contributed by atoms with E-state index in [-0.39, 0.29) is 6.04 Å². The number of benzene rings is 1. The van der Waals surface area contributed by atoms with Crippen molar-refractivity contribution in [1.82, 2.24) is 0 Å². The third kappa shape index (κ3) is 1.79. The Bertz CT molecular complexity index is 449. The van der Waals surface area contributed by atoms with Crippen LogP contribution in [0.4, 0.5) is 0 Å². The SMILES string of the molecule is NC(c1cccs1)C1CC1c1ccccc1. The fraction of sp³-hybridized carbons (Fsp3) is 0.286. The second-order valence-electron chi connectivity index (χ2n) is 4.46. The molecule has 3 rings (SSSR count). The van der Waals surface area contributed by atoms with Crippen molar-refractivity contribution in [3.05, 3.63) is 58.3 Å². The van der Waals surface area contributed by atoms with Crippen molar-refractivity contribution in [3.8, 4) is 0 Å². The van der Waals surface area contributed by atoms with Gasteiger partial charge in [-0.1, -0.05) is 36.4 Å². The Labute approximate surface area is 99.9 Å². The van der Waals surface area contributed by atoms with E-state index in [0.717, 1.165) is 0 Å². The molecule has 1 aromatic carbocycles. The van der Waals surface area contributed by atoms with Gasteiger partial charge in [-0.05, 0) is 35.3 Å². The Morgan fingerprint density at radius 2 is 1.94 bits per heavy atom. The van der Waals surface area contributed by atoms with E-state index in [9.17, 15) is 0 Å². The van der Waals surface area contributed by atoms with Crippen LogP contribution in [0.15, 0.2) is 47.8 Å². The van der Waals surface area contributed by atoms with Crippen LogP contribution < -0.4 is 5.73 Å². The van der Waals surface area contributed by atoms with Crippen LogP contribution in [0.5, 0.6) is 0 Å². The molecule has 0 amide bonds. The molecule has 16 heavy (non-hydrogen) atoms. The molecule has 1 aliphatic carbocycles. The summed E-state index contributed by atoms with van der Waals surface area (Å²) in [6.45, 7) is 0. The average molecular weight is 229 g/mol. The summed E-state index contributed by atoms with van der Waals surface area (Å²) in [5, 5.41) is 2.11. The van der Waals surface area contributed by atoms with E-state index in [1.54, 1.807) is 11.3 Å². The maximum absolute atomic E-state index is 6.28. The van der Waals surface area contributed by atoms with E-state index < -0.39 is 0 Å². The summed E-state index contributed by atoms with van der Waals surface area (Å²) in [6.07, 6.45) is 1.24. The van der Waals surface area contributed by atoms with E-state index >= 15 is 0 Å². The number of rotatable bonds is 3. The summed E-state index contributed by atoms with van der Waals surface area (Å²) >= 11 is 1.77.